The molecule has 0 bridgehead atoms. The normalized spacial score (nSPS) is 24.1. The Balaban J connectivity index is 1.84. The van der Waals surface area contributed by atoms with Crippen molar-refractivity contribution in [3.63, 3.8) is 0 Å². The Hall–Kier alpha value is -1.15. The van der Waals surface area contributed by atoms with Gasteiger partial charge in [-0.25, -0.2) is 0 Å². The van der Waals surface area contributed by atoms with Gasteiger partial charge in [0.2, 0.25) is 0 Å². The molecule has 0 radical (unpaired) electrons. The summed E-state index contributed by atoms with van der Waals surface area (Å²) in [7, 11) is 1.54. The molecular formula is C12H18N2O4S. The molecule has 2 rings (SSSR count). The monoisotopic (exact) mass is 286 g/mol. The highest BCUT2D eigenvalue weighted by atomic mass is 32.2. The molecule has 7 heteroatoms. The van der Waals surface area contributed by atoms with E-state index >= 15 is 0 Å². The number of benzene rings is 1. The molecular weight excluding hydrogens is 268 g/mol. The smallest absolute Gasteiger partial charge is 0.288 e. The molecule has 0 saturated carbocycles. The van der Waals surface area contributed by atoms with Gasteiger partial charge < -0.3 is 8.92 Å². The van der Waals surface area contributed by atoms with Gasteiger partial charge in [-0.15, -0.1) is 0 Å². The van der Waals surface area contributed by atoms with Crippen LogP contribution in [0.25, 0.3) is 0 Å². The molecule has 3 atom stereocenters. The molecule has 2 N–H and O–H groups in total. The van der Waals surface area contributed by atoms with Crippen LogP contribution in [0.15, 0.2) is 24.3 Å². The molecule has 0 aliphatic carbocycles. The predicted octanol–water partition coefficient (Wildman–Crippen LogP) is 1.24. The van der Waals surface area contributed by atoms with E-state index in [4.69, 9.17) is 13.8 Å². The van der Waals surface area contributed by atoms with Gasteiger partial charge in [-0.3, -0.25) is 10.3 Å². The van der Waals surface area contributed by atoms with Crippen molar-refractivity contribution in [2.75, 3.05) is 25.8 Å². The summed E-state index contributed by atoms with van der Waals surface area (Å²) in [6.45, 7) is 3.30. The van der Waals surface area contributed by atoms with Crippen LogP contribution in [-0.2, 0) is 20.8 Å². The van der Waals surface area contributed by atoms with Crippen LogP contribution in [-0.4, -0.2) is 30.6 Å². The molecule has 106 valence electrons. The van der Waals surface area contributed by atoms with Crippen LogP contribution in [0.4, 0.5) is 5.69 Å². The Bertz CT molecular complexity index is 426. The topological polar surface area (TPSA) is 68.8 Å². The van der Waals surface area contributed by atoms with Gasteiger partial charge in [0.1, 0.15) is 5.75 Å². The summed E-state index contributed by atoms with van der Waals surface area (Å²) in [5.74, 6) is 0.861. The van der Waals surface area contributed by atoms with Gasteiger partial charge in [-0.2, -0.15) is 8.93 Å². The number of rotatable bonds is 6. The Morgan fingerprint density at radius 3 is 2.63 bits per heavy atom. The van der Waals surface area contributed by atoms with E-state index < -0.39 is 11.3 Å². The quantitative estimate of drug-likeness (QED) is 0.770. The van der Waals surface area contributed by atoms with Crippen LogP contribution < -0.4 is 14.4 Å². The average Bonchev–Trinajstić information content (AvgIpc) is 2.78. The predicted molar refractivity (Wildman–Crippen MR) is 72.8 cm³/mol. The first kappa shape index (κ1) is 14.3. The zero-order valence-electron chi connectivity index (χ0n) is 10.9. The SMILES string of the molecule is CONc1ccc(OS(=O)NC2COCC2C)cc1. The molecule has 1 aromatic carbocycles. The number of hydrogen-bond acceptors (Lipinski definition) is 5. The van der Waals surface area contributed by atoms with Crippen LogP contribution in [0.1, 0.15) is 6.92 Å². The number of anilines is 1. The fourth-order valence-electron chi connectivity index (χ4n) is 1.74. The summed E-state index contributed by atoms with van der Waals surface area (Å²) in [5, 5.41) is 0. The van der Waals surface area contributed by atoms with E-state index in [1.807, 2.05) is 6.92 Å². The summed E-state index contributed by atoms with van der Waals surface area (Å²) >= 11 is -1.57. The fraction of sp³-hybridized carbons (Fsp3) is 0.500. The molecule has 1 aliphatic rings. The summed E-state index contributed by atoms with van der Waals surface area (Å²) in [6, 6.07) is 7.05. The fourth-order valence-corrected chi connectivity index (χ4v) is 2.62. The van der Waals surface area contributed by atoms with E-state index in [0.29, 0.717) is 24.9 Å². The molecule has 1 fully saturated rings. The lowest BCUT2D eigenvalue weighted by Crippen LogP contribution is -2.37. The maximum absolute atomic E-state index is 11.8. The second kappa shape index (κ2) is 6.85. The van der Waals surface area contributed by atoms with E-state index in [9.17, 15) is 4.21 Å². The van der Waals surface area contributed by atoms with Crippen LogP contribution in [0.2, 0.25) is 0 Å². The Labute approximate surface area is 115 Å². The molecule has 0 spiro atoms. The van der Waals surface area contributed by atoms with Gasteiger partial charge in [0.05, 0.1) is 32.1 Å². The number of nitrogens with one attached hydrogen (secondary N) is 2. The molecule has 6 nitrogen and oxygen atoms in total. The Kier molecular flexibility index (Phi) is 5.15. The van der Waals surface area contributed by atoms with Crippen molar-refractivity contribution in [3.8, 4) is 5.75 Å². The highest BCUT2D eigenvalue weighted by Gasteiger charge is 2.26. The van der Waals surface area contributed by atoms with E-state index in [0.717, 1.165) is 5.69 Å². The maximum Gasteiger partial charge on any atom is 0.288 e. The lowest BCUT2D eigenvalue weighted by atomic mass is 10.1. The third-order valence-corrected chi connectivity index (χ3v) is 3.70. The first-order chi connectivity index (χ1) is 9.19. The second-order valence-electron chi connectivity index (χ2n) is 4.39. The van der Waals surface area contributed by atoms with E-state index in [1.165, 1.54) is 7.11 Å². The first-order valence-corrected chi connectivity index (χ1v) is 7.09. The lowest BCUT2D eigenvalue weighted by molar-refractivity contribution is 0.185. The summed E-state index contributed by atoms with van der Waals surface area (Å²) < 4.78 is 25.3. The van der Waals surface area contributed by atoms with Crippen molar-refractivity contribution in [3.05, 3.63) is 24.3 Å². The van der Waals surface area contributed by atoms with E-state index in [1.54, 1.807) is 24.3 Å². The van der Waals surface area contributed by atoms with Crippen LogP contribution in [0.3, 0.4) is 0 Å². The summed E-state index contributed by atoms with van der Waals surface area (Å²) in [5.41, 5.74) is 3.49. The van der Waals surface area contributed by atoms with Crippen molar-refractivity contribution in [1.82, 2.24) is 4.72 Å². The van der Waals surface area contributed by atoms with Crippen LogP contribution >= 0.6 is 0 Å². The van der Waals surface area contributed by atoms with Crippen molar-refractivity contribution in [2.45, 2.75) is 13.0 Å². The summed E-state index contributed by atoms with van der Waals surface area (Å²) in [4.78, 5) is 4.77. The van der Waals surface area contributed by atoms with Gasteiger partial charge in [0, 0.05) is 0 Å². The zero-order chi connectivity index (χ0) is 13.7. The Morgan fingerprint density at radius 1 is 1.32 bits per heavy atom. The van der Waals surface area contributed by atoms with Crippen molar-refractivity contribution in [2.24, 2.45) is 5.92 Å². The van der Waals surface area contributed by atoms with Gasteiger partial charge in [-0.05, 0) is 30.2 Å². The van der Waals surface area contributed by atoms with Crippen molar-refractivity contribution in [1.29, 1.82) is 0 Å². The highest BCUT2D eigenvalue weighted by molar-refractivity contribution is 7.78. The van der Waals surface area contributed by atoms with Gasteiger partial charge in [0.25, 0.3) is 11.3 Å². The minimum atomic E-state index is -1.57. The minimum absolute atomic E-state index is 0.0651. The third-order valence-electron chi connectivity index (χ3n) is 2.86. The maximum atomic E-state index is 11.8. The first-order valence-electron chi connectivity index (χ1n) is 6.02. The average molecular weight is 286 g/mol. The van der Waals surface area contributed by atoms with Gasteiger partial charge in [-0.1, -0.05) is 6.92 Å². The molecule has 19 heavy (non-hydrogen) atoms. The molecule has 0 amide bonds. The van der Waals surface area contributed by atoms with Gasteiger partial charge in [0.15, 0.2) is 0 Å². The molecule has 1 saturated heterocycles. The molecule has 1 aromatic rings. The largest absolute Gasteiger partial charge is 0.389 e. The second-order valence-corrected chi connectivity index (χ2v) is 5.26. The van der Waals surface area contributed by atoms with Crippen LogP contribution in [0.5, 0.6) is 5.75 Å². The Morgan fingerprint density at radius 2 is 2.05 bits per heavy atom. The van der Waals surface area contributed by atoms with Crippen LogP contribution in [0, 0.1) is 5.92 Å². The molecule has 1 heterocycles. The van der Waals surface area contributed by atoms with E-state index in [-0.39, 0.29) is 6.04 Å². The standard InChI is InChI=1S/C12H18N2O4S/c1-9-7-17-8-12(9)14-19(15)18-11-5-3-10(4-6-11)13-16-2/h3-6,9,12-14H,7-8H2,1-2H3. The third kappa shape index (κ3) is 4.17. The number of ether oxygens (including phenoxy) is 1. The summed E-state index contributed by atoms with van der Waals surface area (Å²) in [6.07, 6.45) is 0. The zero-order valence-corrected chi connectivity index (χ0v) is 11.7. The molecule has 3 unspecified atom stereocenters. The van der Waals surface area contributed by atoms with Crippen molar-refractivity contribution < 1.29 is 18.0 Å². The van der Waals surface area contributed by atoms with Gasteiger partial charge >= 0.3 is 0 Å². The molecule has 0 aromatic heterocycles. The van der Waals surface area contributed by atoms with E-state index in [2.05, 4.69) is 10.2 Å². The number of hydrogen-bond donors (Lipinski definition) is 2. The molecule has 1 aliphatic heterocycles. The van der Waals surface area contributed by atoms with Crippen molar-refractivity contribution >= 4 is 17.0 Å². The highest BCUT2D eigenvalue weighted by Crippen LogP contribution is 2.17. The minimum Gasteiger partial charge on any atom is -0.389 e. The lowest BCUT2D eigenvalue weighted by Gasteiger charge is -2.14.